The van der Waals surface area contributed by atoms with Crippen LogP contribution in [0.2, 0.25) is 0 Å². The lowest BCUT2D eigenvalue weighted by Crippen LogP contribution is -2.42. The monoisotopic (exact) mass is 261 g/mol. The van der Waals surface area contributed by atoms with Gasteiger partial charge in [0.15, 0.2) is 0 Å². The summed E-state index contributed by atoms with van der Waals surface area (Å²) in [4.78, 5) is 14.0. The van der Waals surface area contributed by atoms with Gasteiger partial charge in [0.05, 0.1) is 13.5 Å². The summed E-state index contributed by atoms with van der Waals surface area (Å²) in [6.45, 7) is 3.29. The largest absolute Gasteiger partial charge is 0.469 e. The van der Waals surface area contributed by atoms with Crippen molar-refractivity contribution in [3.8, 4) is 0 Å². The van der Waals surface area contributed by atoms with Crippen LogP contribution in [0.15, 0.2) is 30.3 Å². The molecular weight excluding hydrogens is 238 g/mol. The number of rotatable bonds is 4. The summed E-state index contributed by atoms with van der Waals surface area (Å²) < 4.78 is 4.82. The van der Waals surface area contributed by atoms with Crippen molar-refractivity contribution in [1.82, 2.24) is 4.90 Å². The summed E-state index contributed by atoms with van der Waals surface area (Å²) in [5.41, 5.74) is 1.32. The van der Waals surface area contributed by atoms with Crippen LogP contribution >= 0.6 is 0 Å². The lowest BCUT2D eigenvalue weighted by molar-refractivity contribution is -0.142. The molecule has 0 radical (unpaired) electrons. The fourth-order valence-electron chi connectivity index (χ4n) is 2.95. The highest BCUT2D eigenvalue weighted by Gasteiger charge is 2.29. The van der Waals surface area contributed by atoms with E-state index in [4.69, 9.17) is 4.74 Å². The quantitative estimate of drug-likeness (QED) is 0.780. The number of hydrogen-bond donors (Lipinski definition) is 0. The zero-order valence-electron chi connectivity index (χ0n) is 11.8. The molecule has 1 aliphatic heterocycles. The van der Waals surface area contributed by atoms with Crippen molar-refractivity contribution in [2.75, 3.05) is 13.7 Å². The molecule has 1 aromatic carbocycles. The molecule has 0 saturated carbocycles. The number of esters is 1. The Balaban J connectivity index is 2.08. The summed E-state index contributed by atoms with van der Waals surface area (Å²) in [6, 6.07) is 11.2. The highest BCUT2D eigenvalue weighted by atomic mass is 16.5. The van der Waals surface area contributed by atoms with Crippen LogP contribution in [0, 0.1) is 0 Å². The Labute approximate surface area is 115 Å². The number of ether oxygens (including phenoxy) is 1. The minimum absolute atomic E-state index is 0.0999. The smallest absolute Gasteiger partial charge is 0.307 e. The van der Waals surface area contributed by atoms with Gasteiger partial charge < -0.3 is 4.74 Å². The summed E-state index contributed by atoms with van der Waals surface area (Å²) in [7, 11) is 1.47. The van der Waals surface area contributed by atoms with Crippen LogP contribution in [-0.2, 0) is 9.53 Å². The van der Waals surface area contributed by atoms with E-state index in [1.807, 2.05) is 6.07 Å². The Hall–Kier alpha value is -1.35. The lowest BCUT2D eigenvalue weighted by atomic mass is 9.95. The fraction of sp³-hybridized carbons (Fsp3) is 0.562. The van der Waals surface area contributed by atoms with E-state index < -0.39 is 0 Å². The van der Waals surface area contributed by atoms with Gasteiger partial charge >= 0.3 is 5.97 Å². The van der Waals surface area contributed by atoms with E-state index in [1.165, 1.54) is 25.5 Å². The average Bonchev–Trinajstić information content (AvgIpc) is 2.48. The fourth-order valence-corrected chi connectivity index (χ4v) is 2.95. The second kappa shape index (κ2) is 6.71. The van der Waals surface area contributed by atoms with Crippen LogP contribution in [0.1, 0.15) is 44.2 Å². The molecule has 0 aliphatic carbocycles. The molecule has 1 saturated heterocycles. The van der Waals surface area contributed by atoms with E-state index in [2.05, 4.69) is 36.1 Å². The van der Waals surface area contributed by atoms with E-state index in [-0.39, 0.29) is 5.97 Å². The van der Waals surface area contributed by atoms with Gasteiger partial charge in [0.2, 0.25) is 0 Å². The van der Waals surface area contributed by atoms with Crippen LogP contribution in [0.5, 0.6) is 0 Å². The van der Waals surface area contributed by atoms with Gasteiger partial charge in [0.25, 0.3) is 0 Å². The van der Waals surface area contributed by atoms with Crippen molar-refractivity contribution in [2.24, 2.45) is 0 Å². The standard InChI is InChI=1S/C16H23NO2/c1-13(14-8-4-3-5-9-14)17-11-7-6-10-15(17)12-16(18)19-2/h3-5,8-9,13,15H,6-7,10-12H2,1-2H3/t13-,15+/m0/s1. The topological polar surface area (TPSA) is 29.5 Å². The van der Waals surface area contributed by atoms with Gasteiger partial charge in [-0.25, -0.2) is 0 Å². The number of piperidine rings is 1. The molecule has 104 valence electrons. The molecule has 3 heteroatoms. The number of hydrogen-bond acceptors (Lipinski definition) is 3. The van der Waals surface area contributed by atoms with Crippen molar-refractivity contribution in [3.63, 3.8) is 0 Å². The van der Waals surface area contributed by atoms with E-state index in [0.29, 0.717) is 18.5 Å². The summed E-state index contributed by atoms with van der Waals surface area (Å²) in [5, 5.41) is 0. The summed E-state index contributed by atoms with van der Waals surface area (Å²) in [5.74, 6) is -0.0999. The van der Waals surface area contributed by atoms with Crippen molar-refractivity contribution in [2.45, 2.75) is 44.7 Å². The van der Waals surface area contributed by atoms with Gasteiger partial charge in [-0.3, -0.25) is 9.69 Å². The molecule has 2 atom stereocenters. The maximum Gasteiger partial charge on any atom is 0.307 e. The molecule has 2 rings (SSSR count). The average molecular weight is 261 g/mol. The molecule has 1 aliphatic rings. The minimum atomic E-state index is -0.0999. The van der Waals surface area contributed by atoms with Crippen molar-refractivity contribution in [1.29, 1.82) is 0 Å². The number of benzene rings is 1. The molecule has 0 unspecified atom stereocenters. The predicted octanol–water partition coefficient (Wildman–Crippen LogP) is 3.17. The molecule has 0 amide bonds. The van der Waals surface area contributed by atoms with Crippen LogP contribution in [0.3, 0.4) is 0 Å². The molecule has 3 nitrogen and oxygen atoms in total. The Bertz CT molecular complexity index is 404. The number of likely N-dealkylation sites (tertiary alicyclic amines) is 1. The molecule has 1 aromatic rings. The van der Waals surface area contributed by atoms with Gasteiger partial charge in [0, 0.05) is 12.1 Å². The van der Waals surface area contributed by atoms with Gasteiger partial charge in [-0.05, 0) is 31.9 Å². The third kappa shape index (κ3) is 3.57. The van der Waals surface area contributed by atoms with Crippen molar-refractivity contribution < 1.29 is 9.53 Å². The highest BCUT2D eigenvalue weighted by molar-refractivity contribution is 5.69. The van der Waals surface area contributed by atoms with E-state index in [1.54, 1.807) is 0 Å². The maximum absolute atomic E-state index is 11.5. The van der Waals surface area contributed by atoms with Crippen LogP contribution in [0.25, 0.3) is 0 Å². The van der Waals surface area contributed by atoms with E-state index in [0.717, 1.165) is 13.0 Å². The zero-order valence-corrected chi connectivity index (χ0v) is 11.8. The first kappa shape index (κ1) is 14.1. The van der Waals surface area contributed by atoms with Crippen molar-refractivity contribution >= 4 is 5.97 Å². The molecule has 0 spiro atoms. The first-order valence-electron chi connectivity index (χ1n) is 7.10. The molecule has 1 fully saturated rings. The minimum Gasteiger partial charge on any atom is -0.469 e. The SMILES string of the molecule is COC(=O)C[C@H]1CCCCN1[C@@H](C)c1ccccc1. The number of carbonyl (C=O) groups is 1. The Morgan fingerprint density at radius 3 is 2.79 bits per heavy atom. The second-order valence-electron chi connectivity index (χ2n) is 5.25. The van der Waals surface area contributed by atoms with Crippen molar-refractivity contribution in [3.05, 3.63) is 35.9 Å². The van der Waals surface area contributed by atoms with Crippen LogP contribution in [-0.4, -0.2) is 30.6 Å². The summed E-state index contributed by atoms with van der Waals surface area (Å²) in [6.07, 6.45) is 4.02. The Morgan fingerprint density at radius 2 is 2.11 bits per heavy atom. The van der Waals surface area contributed by atoms with Crippen LogP contribution < -0.4 is 0 Å². The molecular formula is C16H23NO2. The Kier molecular flexibility index (Phi) is 4.97. The normalized spacial score (nSPS) is 21.9. The molecule has 0 bridgehead atoms. The van der Waals surface area contributed by atoms with Gasteiger partial charge in [-0.15, -0.1) is 0 Å². The van der Waals surface area contributed by atoms with Gasteiger partial charge in [-0.1, -0.05) is 36.8 Å². The number of methoxy groups -OCH3 is 1. The first-order chi connectivity index (χ1) is 9.22. The third-order valence-electron chi connectivity index (χ3n) is 4.08. The maximum atomic E-state index is 11.5. The third-order valence-corrected chi connectivity index (χ3v) is 4.08. The van der Waals surface area contributed by atoms with Gasteiger partial charge in [0.1, 0.15) is 0 Å². The van der Waals surface area contributed by atoms with Gasteiger partial charge in [-0.2, -0.15) is 0 Å². The first-order valence-corrected chi connectivity index (χ1v) is 7.10. The summed E-state index contributed by atoms with van der Waals surface area (Å²) >= 11 is 0. The predicted molar refractivity (Wildman–Crippen MR) is 75.8 cm³/mol. The highest BCUT2D eigenvalue weighted by Crippen LogP contribution is 2.29. The molecule has 1 heterocycles. The zero-order chi connectivity index (χ0) is 13.7. The molecule has 0 N–H and O–H groups in total. The lowest BCUT2D eigenvalue weighted by Gasteiger charge is -2.39. The molecule has 0 aromatic heterocycles. The number of nitrogens with zero attached hydrogens (tertiary/aromatic N) is 1. The second-order valence-corrected chi connectivity index (χ2v) is 5.25. The Morgan fingerprint density at radius 1 is 1.37 bits per heavy atom. The van der Waals surface area contributed by atoms with E-state index >= 15 is 0 Å². The number of carbonyl (C=O) groups excluding carboxylic acids is 1. The van der Waals surface area contributed by atoms with E-state index in [9.17, 15) is 4.79 Å². The molecule has 19 heavy (non-hydrogen) atoms. The van der Waals surface area contributed by atoms with Crippen LogP contribution in [0.4, 0.5) is 0 Å².